The van der Waals surface area contributed by atoms with Crippen LogP contribution >= 0.6 is 0 Å². The third kappa shape index (κ3) is 3.97. The number of nitrogens with zero attached hydrogens (tertiary/aromatic N) is 3. The second-order valence-corrected chi connectivity index (χ2v) is 6.20. The summed E-state index contributed by atoms with van der Waals surface area (Å²) in [5.41, 5.74) is 1.14. The fraction of sp³-hybridized carbons (Fsp3) is 0.263. The summed E-state index contributed by atoms with van der Waals surface area (Å²) in [7, 11) is 0. The van der Waals surface area contributed by atoms with Gasteiger partial charge in [-0.15, -0.1) is 0 Å². The standard InChI is InChI=1S/C19H21N5O/c1-2-4-17(5-3-1)25-19-7-6-15(12-22-19)10-20-11-16-13-21-18-8-9-23-24(18)14-16/h1-9,12,16,20-21H,10-11,13-14H2/t16-/m0/s1. The highest BCUT2D eigenvalue weighted by atomic mass is 16.5. The van der Waals surface area contributed by atoms with Crippen LogP contribution in [0.4, 0.5) is 5.82 Å². The Bertz CT molecular complexity index is 800. The average Bonchev–Trinajstić information content (AvgIpc) is 3.12. The van der Waals surface area contributed by atoms with Crippen LogP contribution in [0.1, 0.15) is 5.56 Å². The molecule has 1 aliphatic rings. The maximum atomic E-state index is 5.71. The molecule has 3 heterocycles. The summed E-state index contributed by atoms with van der Waals surface area (Å²) in [5, 5.41) is 11.2. The predicted octanol–water partition coefficient (Wildman–Crippen LogP) is 2.90. The number of aromatic nitrogens is 3. The fourth-order valence-corrected chi connectivity index (χ4v) is 2.93. The molecular formula is C19H21N5O. The van der Waals surface area contributed by atoms with E-state index in [1.165, 1.54) is 0 Å². The summed E-state index contributed by atoms with van der Waals surface area (Å²) in [4.78, 5) is 4.37. The summed E-state index contributed by atoms with van der Waals surface area (Å²) in [6.07, 6.45) is 3.69. The highest BCUT2D eigenvalue weighted by Gasteiger charge is 2.17. The number of hydrogen-bond donors (Lipinski definition) is 2. The first-order valence-corrected chi connectivity index (χ1v) is 8.51. The molecule has 0 amide bonds. The number of fused-ring (bicyclic) bond motifs is 1. The van der Waals surface area contributed by atoms with E-state index in [-0.39, 0.29) is 0 Å². The molecule has 0 saturated carbocycles. The zero-order valence-corrected chi connectivity index (χ0v) is 13.9. The van der Waals surface area contributed by atoms with Crippen molar-refractivity contribution < 1.29 is 4.74 Å². The van der Waals surface area contributed by atoms with E-state index in [4.69, 9.17) is 4.74 Å². The number of rotatable bonds is 6. The van der Waals surface area contributed by atoms with Crippen LogP contribution in [0, 0.1) is 5.92 Å². The Morgan fingerprint density at radius 3 is 2.92 bits per heavy atom. The molecule has 0 bridgehead atoms. The van der Waals surface area contributed by atoms with Crippen LogP contribution in [-0.4, -0.2) is 27.9 Å². The molecule has 6 nitrogen and oxygen atoms in total. The molecule has 0 fully saturated rings. The van der Waals surface area contributed by atoms with E-state index in [2.05, 4.69) is 20.7 Å². The molecule has 3 aromatic rings. The maximum absolute atomic E-state index is 5.71. The van der Waals surface area contributed by atoms with E-state index in [0.717, 1.165) is 43.3 Å². The molecule has 0 aliphatic carbocycles. The van der Waals surface area contributed by atoms with Crippen molar-refractivity contribution >= 4 is 5.82 Å². The minimum absolute atomic E-state index is 0.529. The van der Waals surface area contributed by atoms with Gasteiger partial charge in [0.1, 0.15) is 11.6 Å². The van der Waals surface area contributed by atoms with Gasteiger partial charge in [0.25, 0.3) is 0 Å². The van der Waals surface area contributed by atoms with Gasteiger partial charge in [-0.3, -0.25) is 0 Å². The lowest BCUT2D eigenvalue weighted by atomic mass is 10.1. The summed E-state index contributed by atoms with van der Waals surface area (Å²) in [6.45, 7) is 3.65. The van der Waals surface area contributed by atoms with Crippen molar-refractivity contribution in [3.05, 3.63) is 66.5 Å². The summed E-state index contributed by atoms with van der Waals surface area (Å²) in [6, 6.07) is 15.6. The van der Waals surface area contributed by atoms with Crippen molar-refractivity contribution in [2.45, 2.75) is 13.1 Å². The van der Waals surface area contributed by atoms with Crippen molar-refractivity contribution in [1.29, 1.82) is 0 Å². The Morgan fingerprint density at radius 2 is 2.08 bits per heavy atom. The molecule has 0 radical (unpaired) electrons. The normalized spacial score (nSPS) is 16.1. The van der Waals surface area contributed by atoms with Crippen LogP contribution in [0.15, 0.2) is 60.9 Å². The number of nitrogens with one attached hydrogen (secondary N) is 2. The van der Waals surface area contributed by atoms with Gasteiger partial charge in [0.05, 0.1) is 6.20 Å². The highest BCUT2D eigenvalue weighted by Crippen LogP contribution is 2.19. The topological polar surface area (TPSA) is 64.0 Å². The van der Waals surface area contributed by atoms with Crippen LogP contribution in [-0.2, 0) is 13.1 Å². The van der Waals surface area contributed by atoms with Gasteiger partial charge >= 0.3 is 0 Å². The Morgan fingerprint density at radius 1 is 1.16 bits per heavy atom. The molecule has 1 atom stereocenters. The van der Waals surface area contributed by atoms with E-state index in [1.54, 1.807) is 0 Å². The summed E-state index contributed by atoms with van der Waals surface area (Å²) in [5.74, 6) is 3.04. The molecule has 128 valence electrons. The zero-order valence-electron chi connectivity index (χ0n) is 13.9. The number of ether oxygens (including phenoxy) is 1. The molecule has 2 N–H and O–H groups in total. The van der Waals surface area contributed by atoms with Gasteiger partial charge in [-0.1, -0.05) is 24.3 Å². The Balaban J connectivity index is 1.25. The minimum atomic E-state index is 0.529. The van der Waals surface area contributed by atoms with Crippen molar-refractivity contribution in [2.24, 2.45) is 5.92 Å². The number of benzene rings is 1. The van der Waals surface area contributed by atoms with Gasteiger partial charge in [0.15, 0.2) is 0 Å². The van der Waals surface area contributed by atoms with Gasteiger partial charge < -0.3 is 15.4 Å². The van der Waals surface area contributed by atoms with Crippen molar-refractivity contribution in [2.75, 3.05) is 18.4 Å². The van der Waals surface area contributed by atoms with Crippen LogP contribution in [0.5, 0.6) is 11.6 Å². The number of hydrogen-bond acceptors (Lipinski definition) is 5. The monoisotopic (exact) mass is 335 g/mol. The Kier molecular flexibility index (Phi) is 4.61. The second kappa shape index (κ2) is 7.36. The highest BCUT2D eigenvalue weighted by molar-refractivity contribution is 5.35. The van der Waals surface area contributed by atoms with Gasteiger partial charge in [-0.05, 0) is 17.7 Å². The molecule has 1 aromatic carbocycles. The quantitative estimate of drug-likeness (QED) is 0.725. The van der Waals surface area contributed by atoms with Gasteiger partial charge in [-0.2, -0.15) is 5.10 Å². The Hall–Kier alpha value is -2.86. The van der Waals surface area contributed by atoms with E-state index >= 15 is 0 Å². The first-order valence-electron chi connectivity index (χ1n) is 8.51. The van der Waals surface area contributed by atoms with Crippen molar-refractivity contribution in [3.8, 4) is 11.6 Å². The molecule has 25 heavy (non-hydrogen) atoms. The predicted molar refractivity (Wildman–Crippen MR) is 96.7 cm³/mol. The minimum Gasteiger partial charge on any atom is -0.439 e. The lowest BCUT2D eigenvalue weighted by Gasteiger charge is -2.25. The van der Waals surface area contributed by atoms with Gasteiger partial charge in [0, 0.05) is 50.4 Å². The van der Waals surface area contributed by atoms with Crippen LogP contribution < -0.4 is 15.4 Å². The lowest BCUT2D eigenvalue weighted by molar-refractivity contribution is 0.391. The molecule has 1 aliphatic heterocycles. The average molecular weight is 335 g/mol. The van der Waals surface area contributed by atoms with Crippen molar-refractivity contribution in [1.82, 2.24) is 20.1 Å². The van der Waals surface area contributed by atoms with Gasteiger partial charge in [-0.25, -0.2) is 9.67 Å². The van der Waals surface area contributed by atoms with E-state index in [1.807, 2.05) is 65.6 Å². The molecular weight excluding hydrogens is 314 g/mol. The number of anilines is 1. The van der Waals surface area contributed by atoms with Crippen LogP contribution in [0.2, 0.25) is 0 Å². The van der Waals surface area contributed by atoms with E-state index in [0.29, 0.717) is 11.8 Å². The van der Waals surface area contributed by atoms with Crippen LogP contribution in [0.25, 0.3) is 0 Å². The third-order valence-corrected chi connectivity index (χ3v) is 4.24. The maximum Gasteiger partial charge on any atom is 0.219 e. The second-order valence-electron chi connectivity index (χ2n) is 6.20. The summed E-state index contributed by atoms with van der Waals surface area (Å²) >= 11 is 0. The smallest absolute Gasteiger partial charge is 0.219 e. The molecule has 0 spiro atoms. The molecule has 0 saturated heterocycles. The summed E-state index contributed by atoms with van der Waals surface area (Å²) < 4.78 is 7.73. The third-order valence-electron chi connectivity index (χ3n) is 4.24. The zero-order chi connectivity index (χ0) is 16.9. The Labute approximate surface area is 146 Å². The first-order chi connectivity index (χ1) is 12.4. The lowest BCUT2D eigenvalue weighted by Crippen LogP contribution is -2.35. The number of para-hydroxylation sites is 1. The molecule has 0 unspecified atom stereocenters. The molecule has 2 aromatic heterocycles. The van der Waals surface area contributed by atoms with E-state index in [9.17, 15) is 0 Å². The van der Waals surface area contributed by atoms with Crippen LogP contribution in [0.3, 0.4) is 0 Å². The number of pyridine rings is 1. The first kappa shape index (κ1) is 15.7. The molecule has 6 heteroatoms. The van der Waals surface area contributed by atoms with E-state index < -0.39 is 0 Å². The largest absolute Gasteiger partial charge is 0.439 e. The van der Waals surface area contributed by atoms with Gasteiger partial charge in [0.2, 0.25) is 5.88 Å². The van der Waals surface area contributed by atoms with Crippen molar-refractivity contribution in [3.63, 3.8) is 0 Å². The fourth-order valence-electron chi connectivity index (χ4n) is 2.93. The molecule has 4 rings (SSSR count). The SMILES string of the molecule is c1ccc(Oc2ccc(CNC[C@H]3CNc4ccnn4C3)cn2)cc1.